The standard InChI is InChI=1S/C24H23FN4O3/c1-31-22-14-16(4-9-20(22)21-10-11-26-27-21)13-17-3-2-12-29-23(17)28-32-24(29,15-30)18-5-7-19(25)8-6-18/h4-11,13-14,30H,2-3,12,15H2,1H3,(H,26,27). The van der Waals surface area contributed by atoms with Crippen molar-refractivity contribution in [3.8, 4) is 17.0 Å². The van der Waals surface area contributed by atoms with Crippen LogP contribution in [0.5, 0.6) is 5.75 Å². The molecule has 1 saturated heterocycles. The van der Waals surface area contributed by atoms with Crippen LogP contribution in [0.4, 0.5) is 4.39 Å². The summed E-state index contributed by atoms with van der Waals surface area (Å²) in [5.74, 6) is 1.08. The third-order valence-electron chi connectivity index (χ3n) is 5.96. The molecule has 2 aromatic carbocycles. The summed E-state index contributed by atoms with van der Waals surface area (Å²) in [6.07, 6.45) is 5.47. The van der Waals surface area contributed by atoms with Crippen molar-refractivity contribution in [3.63, 3.8) is 0 Å². The number of methoxy groups -OCH3 is 1. The van der Waals surface area contributed by atoms with Crippen molar-refractivity contribution in [1.29, 1.82) is 0 Å². The lowest BCUT2D eigenvalue weighted by Crippen LogP contribution is -2.51. The Balaban J connectivity index is 1.47. The molecule has 0 amide bonds. The van der Waals surface area contributed by atoms with E-state index >= 15 is 0 Å². The number of halogens is 1. The first-order valence-corrected chi connectivity index (χ1v) is 10.4. The zero-order valence-corrected chi connectivity index (χ0v) is 17.6. The number of ether oxygens (including phenoxy) is 1. The van der Waals surface area contributed by atoms with Gasteiger partial charge in [0.25, 0.3) is 5.72 Å². The summed E-state index contributed by atoms with van der Waals surface area (Å²) in [6.45, 7) is 0.377. The minimum atomic E-state index is -1.15. The molecule has 32 heavy (non-hydrogen) atoms. The number of benzene rings is 2. The molecule has 1 unspecified atom stereocenters. The molecule has 1 atom stereocenters. The molecular weight excluding hydrogens is 411 g/mol. The van der Waals surface area contributed by atoms with Crippen LogP contribution in [0.1, 0.15) is 24.0 Å². The van der Waals surface area contributed by atoms with E-state index in [1.165, 1.54) is 12.1 Å². The molecule has 3 aromatic rings. The van der Waals surface area contributed by atoms with Crippen molar-refractivity contribution in [2.75, 3.05) is 20.3 Å². The van der Waals surface area contributed by atoms with E-state index in [1.807, 2.05) is 29.2 Å². The third kappa shape index (κ3) is 3.33. The molecule has 1 fully saturated rings. The largest absolute Gasteiger partial charge is 0.496 e. The number of nitrogens with one attached hydrogen (secondary N) is 1. The quantitative estimate of drug-likeness (QED) is 0.637. The number of oxime groups is 1. The van der Waals surface area contributed by atoms with Gasteiger partial charge in [0.2, 0.25) is 0 Å². The van der Waals surface area contributed by atoms with Crippen LogP contribution in [-0.4, -0.2) is 46.3 Å². The molecule has 8 heteroatoms. The number of hydrogen-bond acceptors (Lipinski definition) is 6. The number of rotatable bonds is 5. The summed E-state index contributed by atoms with van der Waals surface area (Å²) in [6, 6.07) is 13.8. The first-order valence-electron chi connectivity index (χ1n) is 10.4. The number of aliphatic hydroxyl groups excluding tert-OH is 1. The summed E-state index contributed by atoms with van der Waals surface area (Å²) in [5, 5.41) is 21.6. The minimum absolute atomic E-state index is 0.300. The number of aromatic amines is 1. The second-order valence-electron chi connectivity index (χ2n) is 7.81. The van der Waals surface area contributed by atoms with E-state index < -0.39 is 5.72 Å². The molecule has 0 bridgehead atoms. The Bertz CT molecular complexity index is 1170. The monoisotopic (exact) mass is 434 g/mol. The van der Waals surface area contributed by atoms with E-state index in [1.54, 1.807) is 25.4 Å². The number of fused-ring (bicyclic) bond motifs is 1. The molecule has 0 spiro atoms. The lowest BCUT2D eigenvalue weighted by atomic mass is 9.94. The van der Waals surface area contributed by atoms with Gasteiger partial charge < -0.3 is 19.6 Å². The number of hydrogen-bond donors (Lipinski definition) is 2. The summed E-state index contributed by atoms with van der Waals surface area (Å²) < 4.78 is 19.0. The van der Waals surface area contributed by atoms with Gasteiger partial charge in [0, 0.05) is 23.9 Å². The number of H-pyrrole nitrogens is 1. The SMILES string of the molecule is COc1cc(C=C2CCCN3C2=NOC3(CO)c2ccc(F)cc2)ccc1-c1ccn[nH]1. The summed E-state index contributed by atoms with van der Waals surface area (Å²) in [7, 11) is 1.64. The Morgan fingerprint density at radius 2 is 2.09 bits per heavy atom. The van der Waals surface area contributed by atoms with Crippen molar-refractivity contribution in [2.45, 2.75) is 18.6 Å². The maximum Gasteiger partial charge on any atom is 0.260 e. The lowest BCUT2D eigenvalue weighted by Gasteiger charge is -2.38. The van der Waals surface area contributed by atoms with Crippen LogP contribution in [-0.2, 0) is 10.6 Å². The second-order valence-corrected chi connectivity index (χ2v) is 7.81. The molecule has 3 heterocycles. The van der Waals surface area contributed by atoms with Crippen LogP contribution >= 0.6 is 0 Å². The fourth-order valence-electron chi connectivity index (χ4n) is 4.33. The van der Waals surface area contributed by atoms with Crippen molar-refractivity contribution < 1.29 is 19.1 Å². The highest BCUT2D eigenvalue weighted by molar-refractivity contribution is 6.03. The van der Waals surface area contributed by atoms with Gasteiger partial charge in [-0.1, -0.05) is 11.2 Å². The van der Waals surface area contributed by atoms with Crippen LogP contribution < -0.4 is 4.74 Å². The Kier molecular flexibility index (Phi) is 5.14. The van der Waals surface area contributed by atoms with Gasteiger partial charge in [0.15, 0.2) is 5.84 Å². The molecule has 164 valence electrons. The molecule has 7 nitrogen and oxygen atoms in total. The number of aliphatic hydroxyl groups is 1. The summed E-state index contributed by atoms with van der Waals surface area (Å²) in [5.41, 5.74) is 3.29. The molecule has 5 rings (SSSR count). The highest BCUT2D eigenvalue weighted by Crippen LogP contribution is 2.40. The van der Waals surface area contributed by atoms with E-state index in [0.29, 0.717) is 17.9 Å². The maximum atomic E-state index is 13.4. The van der Waals surface area contributed by atoms with Crippen molar-refractivity contribution in [3.05, 3.63) is 77.2 Å². The molecule has 0 radical (unpaired) electrons. The number of nitrogens with zero attached hydrogens (tertiary/aromatic N) is 3. The highest BCUT2D eigenvalue weighted by Gasteiger charge is 2.49. The van der Waals surface area contributed by atoms with Crippen molar-refractivity contribution >= 4 is 11.9 Å². The third-order valence-corrected chi connectivity index (χ3v) is 5.96. The zero-order chi connectivity index (χ0) is 22.1. The van der Waals surface area contributed by atoms with Crippen LogP contribution in [0.3, 0.4) is 0 Å². The minimum Gasteiger partial charge on any atom is -0.496 e. The summed E-state index contributed by atoms with van der Waals surface area (Å²) in [4.78, 5) is 7.77. The van der Waals surface area contributed by atoms with Gasteiger partial charge >= 0.3 is 0 Å². The van der Waals surface area contributed by atoms with Crippen LogP contribution in [0.25, 0.3) is 17.3 Å². The molecule has 2 N–H and O–H groups in total. The van der Waals surface area contributed by atoms with Gasteiger partial charge in [-0.25, -0.2) is 4.39 Å². The Hall–Kier alpha value is -3.65. The van der Waals surface area contributed by atoms with Gasteiger partial charge in [0.05, 0.1) is 12.8 Å². The average Bonchev–Trinajstić information content (AvgIpc) is 3.49. The first kappa shape index (κ1) is 20.3. The van der Waals surface area contributed by atoms with Crippen LogP contribution in [0.2, 0.25) is 0 Å². The summed E-state index contributed by atoms with van der Waals surface area (Å²) >= 11 is 0. The van der Waals surface area contributed by atoms with E-state index in [-0.39, 0.29) is 12.4 Å². The predicted molar refractivity (Wildman–Crippen MR) is 118 cm³/mol. The fourth-order valence-corrected chi connectivity index (χ4v) is 4.33. The Morgan fingerprint density at radius 1 is 1.25 bits per heavy atom. The smallest absolute Gasteiger partial charge is 0.260 e. The van der Waals surface area contributed by atoms with E-state index in [0.717, 1.165) is 41.0 Å². The molecular formula is C24H23FN4O3. The molecule has 2 aliphatic rings. The van der Waals surface area contributed by atoms with Crippen LogP contribution in [0.15, 0.2) is 65.5 Å². The molecule has 2 aliphatic heterocycles. The number of piperidine rings is 1. The molecule has 0 saturated carbocycles. The molecule has 1 aromatic heterocycles. The van der Waals surface area contributed by atoms with Crippen molar-refractivity contribution in [2.24, 2.45) is 5.16 Å². The zero-order valence-electron chi connectivity index (χ0n) is 17.6. The Morgan fingerprint density at radius 3 is 2.81 bits per heavy atom. The average molecular weight is 434 g/mol. The van der Waals surface area contributed by atoms with Gasteiger partial charge in [-0.2, -0.15) is 5.10 Å². The lowest BCUT2D eigenvalue weighted by molar-refractivity contribution is -0.137. The van der Waals surface area contributed by atoms with E-state index in [4.69, 9.17) is 9.57 Å². The molecule has 0 aliphatic carbocycles. The van der Waals surface area contributed by atoms with Crippen LogP contribution in [0, 0.1) is 5.82 Å². The van der Waals surface area contributed by atoms with E-state index in [9.17, 15) is 9.50 Å². The van der Waals surface area contributed by atoms with Gasteiger partial charge in [-0.05, 0) is 72.5 Å². The Labute approximate surface area is 184 Å². The fraction of sp³-hybridized carbons (Fsp3) is 0.250. The topological polar surface area (TPSA) is 83.0 Å². The predicted octanol–water partition coefficient (Wildman–Crippen LogP) is 3.89. The van der Waals surface area contributed by atoms with Gasteiger partial charge in [-0.3, -0.25) is 5.10 Å². The first-order chi connectivity index (χ1) is 15.6. The van der Waals surface area contributed by atoms with Crippen molar-refractivity contribution in [1.82, 2.24) is 15.1 Å². The maximum absolute atomic E-state index is 13.4. The number of amidine groups is 1. The van der Waals surface area contributed by atoms with E-state index in [2.05, 4.69) is 21.4 Å². The normalized spacial score (nSPS) is 21.3. The number of aromatic nitrogens is 2. The van der Waals surface area contributed by atoms with Gasteiger partial charge in [-0.15, -0.1) is 0 Å². The van der Waals surface area contributed by atoms with Gasteiger partial charge in [0.1, 0.15) is 18.2 Å². The highest BCUT2D eigenvalue weighted by atomic mass is 19.1. The second kappa shape index (κ2) is 8.12.